The van der Waals surface area contributed by atoms with Crippen molar-refractivity contribution in [3.05, 3.63) is 29.3 Å². The van der Waals surface area contributed by atoms with E-state index in [1.54, 1.807) is 19.2 Å². The molecule has 0 radical (unpaired) electrons. The second kappa shape index (κ2) is 6.04. The molecule has 3 rings (SSSR count). The second-order valence-corrected chi connectivity index (χ2v) is 7.47. The van der Waals surface area contributed by atoms with Crippen LogP contribution in [-0.4, -0.2) is 27.7 Å². The number of methoxy groups -OCH3 is 1. The highest BCUT2D eigenvalue weighted by Gasteiger charge is 2.26. The van der Waals surface area contributed by atoms with Crippen LogP contribution in [0.3, 0.4) is 0 Å². The van der Waals surface area contributed by atoms with E-state index in [4.69, 9.17) is 9.47 Å². The predicted octanol–water partition coefficient (Wildman–Crippen LogP) is 1.95. The summed E-state index contributed by atoms with van der Waals surface area (Å²) in [5, 5.41) is 0. The Bertz CT molecular complexity index is 606. The normalized spacial score (nSPS) is 25.8. The van der Waals surface area contributed by atoms with E-state index in [1.165, 1.54) is 0 Å². The lowest BCUT2D eigenvalue weighted by molar-refractivity contribution is 0.0649. The van der Waals surface area contributed by atoms with Crippen LogP contribution in [0.5, 0.6) is 0 Å². The Morgan fingerprint density at radius 2 is 1.86 bits per heavy atom. The van der Waals surface area contributed by atoms with E-state index >= 15 is 0 Å². The van der Waals surface area contributed by atoms with Crippen molar-refractivity contribution in [3.8, 4) is 0 Å². The van der Waals surface area contributed by atoms with Crippen LogP contribution in [-0.2, 0) is 32.7 Å². The monoisotopic (exact) mass is 311 g/mol. The van der Waals surface area contributed by atoms with Crippen molar-refractivity contribution < 1.29 is 17.9 Å². The van der Waals surface area contributed by atoms with Gasteiger partial charge in [0, 0.05) is 13.2 Å². The minimum atomic E-state index is -3.45. The van der Waals surface area contributed by atoms with Gasteiger partial charge in [-0.2, -0.15) is 0 Å². The van der Waals surface area contributed by atoms with Crippen LogP contribution in [0.2, 0.25) is 0 Å². The van der Waals surface area contributed by atoms with Crippen molar-refractivity contribution in [2.24, 2.45) is 0 Å². The number of sulfonamides is 1. The van der Waals surface area contributed by atoms with Crippen molar-refractivity contribution in [2.75, 3.05) is 7.11 Å². The molecule has 1 N–H and O–H groups in total. The molecule has 116 valence electrons. The zero-order valence-corrected chi connectivity index (χ0v) is 13.0. The lowest BCUT2D eigenvalue weighted by Crippen LogP contribution is -2.38. The van der Waals surface area contributed by atoms with Crippen LogP contribution in [0.4, 0.5) is 0 Å². The van der Waals surface area contributed by atoms with Gasteiger partial charge in [0.15, 0.2) is 0 Å². The highest BCUT2D eigenvalue weighted by molar-refractivity contribution is 7.89. The van der Waals surface area contributed by atoms with Crippen LogP contribution >= 0.6 is 0 Å². The first-order valence-electron chi connectivity index (χ1n) is 7.33. The van der Waals surface area contributed by atoms with Crippen molar-refractivity contribution in [3.63, 3.8) is 0 Å². The summed E-state index contributed by atoms with van der Waals surface area (Å²) in [5.41, 5.74) is 2.05. The molecule has 1 saturated carbocycles. The molecule has 0 aromatic heterocycles. The number of hydrogen-bond acceptors (Lipinski definition) is 4. The summed E-state index contributed by atoms with van der Waals surface area (Å²) < 4.78 is 38.4. The molecule has 1 fully saturated rings. The molecule has 0 amide bonds. The Morgan fingerprint density at radius 3 is 2.57 bits per heavy atom. The fraction of sp³-hybridized carbons (Fsp3) is 0.600. The van der Waals surface area contributed by atoms with Crippen LogP contribution in [0.25, 0.3) is 0 Å². The van der Waals surface area contributed by atoms with Crippen molar-refractivity contribution in [1.82, 2.24) is 4.72 Å². The maximum absolute atomic E-state index is 12.5. The van der Waals surface area contributed by atoms with E-state index in [-0.39, 0.29) is 12.1 Å². The number of fused-ring (bicyclic) bond motifs is 1. The summed E-state index contributed by atoms with van der Waals surface area (Å²) in [6.07, 6.45) is 3.73. The van der Waals surface area contributed by atoms with E-state index in [1.807, 2.05) is 6.07 Å². The van der Waals surface area contributed by atoms with Gasteiger partial charge in [0.2, 0.25) is 10.0 Å². The maximum atomic E-state index is 12.5. The Kier molecular flexibility index (Phi) is 4.31. The molecule has 2 aliphatic rings. The summed E-state index contributed by atoms with van der Waals surface area (Å²) in [6, 6.07) is 5.24. The van der Waals surface area contributed by atoms with Gasteiger partial charge in [-0.3, -0.25) is 0 Å². The van der Waals surface area contributed by atoms with E-state index in [2.05, 4.69) is 4.72 Å². The summed E-state index contributed by atoms with van der Waals surface area (Å²) in [4.78, 5) is 0.334. The molecule has 21 heavy (non-hydrogen) atoms. The van der Waals surface area contributed by atoms with Gasteiger partial charge in [0.1, 0.15) is 0 Å². The first-order valence-corrected chi connectivity index (χ1v) is 8.81. The van der Waals surface area contributed by atoms with Gasteiger partial charge in [0.25, 0.3) is 0 Å². The van der Waals surface area contributed by atoms with Gasteiger partial charge in [-0.15, -0.1) is 0 Å². The molecule has 1 aliphatic heterocycles. The number of hydrogen-bond donors (Lipinski definition) is 1. The molecule has 1 aromatic carbocycles. The second-order valence-electron chi connectivity index (χ2n) is 5.75. The molecule has 1 aliphatic carbocycles. The third-order valence-electron chi connectivity index (χ3n) is 4.33. The van der Waals surface area contributed by atoms with Crippen molar-refractivity contribution in [2.45, 2.75) is 55.9 Å². The molecular weight excluding hydrogens is 290 g/mol. The van der Waals surface area contributed by atoms with Gasteiger partial charge in [-0.1, -0.05) is 6.07 Å². The van der Waals surface area contributed by atoms with Gasteiger partial charge in [-0.05, 0) is 48.9 Å². The van der Waals surface area contributed by atoms with Gasteiger partial charge >= 0.3 is 0 Å². The summed E-state index contributed by atoms with van der Waals surface area (Å²) in [7, 11) is -1.74. The maximum Gasteiger partial charge on any atom is 0.240 e. The smallest absolute Gasteiger partial charge is 0.240 e. The lowest BCUT2D eigenvalue weighted by Gasteiger charge is -2.28. The zero-order chi connectivity index (χ0) is 14.9. The predicted molar refractivity (Wildman–Crippen MR) is 78.3 cm³/mol. The Labute approximate surface area is 125 Å². The molecule has 0 saturated heterocycles. The molecule has 1 heterocycles. The fourth-order valence-corrected chi connectivity index (χ4v) is 4.37. The Morgan fingerprint density at radius 1 is 1.14 bits per heavy atom. The molecule has 0 unspecified atom stereocenters. The van der Waals surface area contributed by atoms with Crippen molar-refractivity contribution in [1.29, 1.82) is 0 Å². The Balaban J connectivity index is 1.70. The van der Waals surface area contributed by atoms with E-state index < -0.39 is 10.0 Å². The molecule has 5 nitrogen and oxygen atoms in total. The number of benzene rings is 1. The van der Waals surface area contributed by atoms with Crippen LogP contribution in [0.1, 0.15) is 36.8 Å². The SMILES string of the molecule is COC1CCC(NS(=O)(=O)c2ccc3c(c2)COC3)CC1. The largest absolute Gasteiger partial charge is 0.381 e. The molecule has 1 aromatic rings. The number of nitrogens with one attached hydrogen (secondary N) is 1. The molecule has 0 atom stereocenters. The molecule has 0 spiro atoms. The van der Waals surface area contributed by atoms with Crippen LogP contribution in [0.15, 0.2) is 23.1 Å². The first kappa shape index (κ1) is 15.0. The van der Waals surface area contributed by atoms with Crippen molar-refractivity contribution >= 4 is 10.0 Å². The molecule has 6 heteroatoms. The van der Waals surface area contributed by atoms with E-state index in [0.717, 1.165) is 36.8 Å². The fourth-order valence-electron chi connectivity index (χ4n) is 3.02. The minimum absolute atomic E-state index is 0.00547. The average Bonchev–Trinajstić information content (AvgIpc) is 2.95. The zero-order valence-electron chi connectivity index (χ0n) is 12.2. The minimum Gasteiger partial charge on any atom is -0.381 e. The van der Waals surface area contributed by atoms with Crippen LogP contribution < -0.4 is 4.72 Å². The first-order chi connectivity index (χ1) is 10.1. The Hall–Kier alpha value is -0.950. The quantitative estimate of drug-likeness (QED) is 0.923. The summed E-state index contributed by atoms with van der Waals surface area (Å²) in [6.45, 7) is 1.07. The van der Waals surface area contributed by atoms with Gasteiger partial charge < -0.3 is 9.47 Å². The summed E-state index contributed by atoms with van der Waals surface area (Å²) >= 11 is 0. The third kappa shape index (κ3) is 3.29. The third-order valence-corrected chi connectivity index (χ3v) is 5.85. The highest BCUT2D eigenvalue weighted by Crippen LogP contribution is 2.25. The lowest BCUT2D eigenvalue weighted by atomic mass is 9.94. The number of ether oxygens (including phenoxy) is 2. The van der Waals surface area contributed by atoms with Gasteiger partial charge in [0.05, 0.1) is 24.2 Å². The standard InChI is InChI=1S/C15H21NO4S/c1-19-14-5-3-13(4-6-14)16-21(17,18)15-7-2-11-9-20-10-12(11)8-15/h2,7-8,13-14,16H,3-6,9-10H2,1H3. The average molecular weight is 311 g/mol. The van der Waals surface area contributed by atoms with Gasteiger partial charge in [-0.25, -0.2) is 13.1 Å². The molecule has 0 bridgehead atoms. The topological polar surface area (TPSA) is 64.6 Å². The van der Waals surface area contributed by atoms with E-state index in [9.17, 15) is 8.42 Å². The van der Waals surface area contributed by atoms with E-state index in [0.29, 0.717) is 18.1 Å². The highest BCUT2D eigenvalue weighted by atomic mass is 32.2. The number of rotatable bonds is 4. The summed E-state index contributed by atoms with van der Waals surface area (Å²) in [5.74, 6) is 0. The van der Waals surface area contributed by atoms with Crippen LogP contribution in [0, 0.1) is 0 Å². The molecular formula is C15H21NO4S.